The molecule has 0 radical (unpaired) electrons. The topological polar surface area (TPSA) is 137 Å². The molecule has 0 aliphatic rings. The number of rotatable bonds is 5. The number of nitrogens with one attached hydrogen (secondary N) is 2. The first kappa shape index (κ1) is 14.8. The van der Waals surface area contributed by atoms with Gasteiger partial charge in [0, 0.05) is 5.69 Å². The van der Waals surface area contributed by atoms with Crippen LogP contribution in [0.3, 0.4) is 0 Å². The number of aryl methyl sites for hydroxylation is 1. The Morgan fingerprint density at radius 1 is 1.50 bits per heavy atom. The van der Waals surface area contributed by atoms with Crippen molar-refractivity contribution in [2.75, 3.05) is 0 Å². The zero-order chi connectivity index (χ0) is 14.1. The van der Waals surface area contributed by atoms with E-state index in [1.165, 1.54) is 6.92 Å². The molecule has 0 fully saturated rings. The van der Waals surface area contributed by atoms with Crippen LogP contribution in [0.1, 0.15) is 12.6 Å². The third kappa shape index (κ3) is 3.16. The fourth-order valence-electron chi connectivity index (χ4n) is 1.22. The van der Waals surface area contributed by atoms with E-state index in [1.54, 1.807) is 0 Å². The van der Waals surface area contributed by atoms with Crippen LogP contribution in [0.2, 0.25) is 0 Å². The van der Waals surface area contributed by atoms with E-state index in [4.69, 9.17) is 5.11 Å². The minimum atomic E-state index is -4.16. The van der Waals surface area contributed by atoms with Crippen molar-refractivity contribution < 1.29 is 23.4 Å². The fourth-order valence-corrected chi connectivity index (χ4v) is 3.80. The molecule has 0 aromatic carbocycles. The average Bonchev–Trinajstić information content (AvgIpc) is 2.54. The Labute approximate surface area is 106 Å². The van der Waals surface area contributed by atoms with Crippen molar-refractivity contribution in [3.05, 3.63) is 15.4 Å². The summed E-state index contributed by atoms with van der Waals surface area (Å²) in [5, 5.41) is 18.0. The van der Waals surface area contributed by atoms with Crippen LogP contribution in [-0.2, 0) is 14.8 Å². The van der Waals surface area contributed by atoms with Gasteiger partial charge in [0.05, 0.1) is 6.10 Å². The largest absolute Gasteiger partial charge is 0.480 e. The van der Waals surface area contributed by atoms with Crippen LogP contribution in [0.5, 0.6) is 0 Å². The molecule has 1 aromatic rings. The molecule has 0 saturated heterocycles. The normalized spacial score (nSPS) is 15.3. The lowest BCUT2D eigenvalue weighted by atomic mass is 10.2. The van der Waals surface area contributed by atoms with Gasteiger partial charge in [-0.2, -0.15) is 4.72 Å². The molecule has 0 bridgehead atoms. The maximum Gasteiger partial charge on any atom is 0.324 e. The maximum absolute atomic E-state index is 11.9. The number of aliphatic hydroxyl groups is 1. The summed E-state index contributed by atoms with van der Waals surface area (Å²) in [5.41, 5.74) is 0.118. The predicted octanol–water partition coefficient (Wildman–Crippen LogP) is -1.14. The molecule has 2 atom stereocenters. The van der Waals surface area contributed by atoms with Crippen LogP contribution in [0.4, 0.5) is 0 Å². The number of aliphatic carboxylic acids is 1. The van der Waals surface area contributed by atoms with Gasteiger partial charge < -0.3 is 15.2 Å². The Morgan fingerprint density at radius 2 is 2.06 bits per heavy atom. The summed E-state index contributed by atoms with van der Waals surface area (Å²) in [6.45, 7) is 2.53. The highest BCUT2D eigenvalue weighted by Gasteiger charge is 2.31. The molecule has 18 heavy (non-hydrogen) atoms. The number of carbonyl (C=O) groups is 1. The lowest BCUT2D eigenvalue weighted by Gasteiger charge is -2.16. The van der Waals surface area contributed by atoms with E-state index < -0.39 is 33.0 Å². The number of aliphatic hydroxyl groups excluding tert-OH is 1. The molecule has 0 spiro atoms. The minimum Gasteiger partial charge on any atom is -0.480 e. The monoisotopic (exact) mass is 296 g/mol. The standard InChI is InChI=1S/C8H12N2O6S2/c1-3-7(17-8(14)9-3)18(15,16)10-5(4(2)11)6(12)13/h4-5,10-11H,1-2H3,(H,9,14)(H,12,13)/t4-,5+/m1/s1. The first-order valence-corrected chi connectivity index (χ1v) is 7.08. The van der Waals surface area contributed by atoms with Gasteiger partial charge in [-0.1, -0.05) is 11.3 Å². The second-order valence-electron chi connectivity index (χ2n) is 3.60. The number of thiazole rings is 1. The summed E-state index contributed by atoms with van der Waals surface area (Å²) < 4.78 is 25.2. The average molecular weight is 296 g/mol. The summed E-state index contributed by atoms with van der Waals surface area (Å²) in [6, 6.07) is -1.67. The van der Waals surface area contributed by atoms with Crippen molar-refractivity contribution in [3.63, 3.8) is 0 Å². The third-order valence-corrected chi connectivity index (χ3v) is 5.10. The van der Waals surface area contributed by atoms with Gasteiger partial charge in [0.2, 0.25) is 0 Å². The van der Waals surface area contributed by atoms with Crippen LogP contribution < -0.4 is 9.60 Å². The Bertz CT molecular complexity index is 599. The number of carboxylic acids is 1. The molecule has 1 rings (SSSR count). The van der Waals surface area contributed by atoms with Crippen LogP contribution in [0.25, 0.3) is 0 Å². The van der Waals surface area contributed by atoms with Gasteiger partial charge in [-0.25, -0.2) is 8.42 Å². The second kappa shape index (κ2) is 5.18. The second-order valence-corrected chi connectivity index (χ2v) is 6.50. The van der Waals surface area contributed by atoms with Crippen LogP contribution in [-0.4, -0.2) is 41.7 Å². The summed E-state index contributed by atoms with van der Waals surface area (Å²) in [5.74, 6) is -1.51. The van der Waals surface area contributed by atoms with E-state index in [0.717, 1.165) is 6.92 Å². The number of sulfonamides is 1. The van der Waals surface area contributed by atoms with Crippen LogP contribution in [0, 0.1) is 6.92 Å². The Morgan fingerprint density at radius 3 is 2.39 bits per heavy atom. The number of H-pyrrole nitrogens is 1. The molecule has 102 valence electrons. The van der Waals surface area contributed by atoms with Crippen molar-refractivity contribution in [1.29, 1.82) is 0 Å². The van der Waals surface area contributed by atoms with Crippen molar-refractivity contribution in [3.8, 4) is 0 Å². The molecular formula is C8H12N2O6S2. The van der Waals surface area contributed by atoms with E-state index >= 15 is 0 Å². The highest BCUT2D eigenvalue weighted by Crippen LogP contribution is 2.16. The first-order chi connectivity index (χ1) is 8.15. The van der Waals surface area contributed by atoms with E-state index in [-0.39, 0.29) is 9.90 Å². The number of carboxylic acid groups (broad SMARTS) is 1. The van der Waals surface area contributed by atoms with Gasteiger partial charge in [0.15, 0.2) is 4.21 Å². The van der Waals surface area contributed by atoms with E-state index in [2.05, 4.69) is 4.98 Å². The molecule has 0 aliphatic heterocycles. The Hall–Kier alpha value is -1.23. The molecule has 8 nitrogen and oxygen atoms in total. The molecule has 0 saturated carbocycles. The number of hydrogen-bond donors (Lipinski definition) is 4. The lowest BCUT2D eigenvalue weighted by Crippen LogP contribution is -2.47. The quantitative estimate of drug-likeness (QED) is 0.542. The molecule has 1 aromatic heterocycles. The van der Waals surface area contributed by atoms with Gasteiger partial charge in [0.1, 0.15) is 6.04 Å². The molecule has 1 heterocycles. The Balaban J connectivity index is 3.12. The maximum atomic E-state index is 11.9. The van der Waals surface area contributed by atoms with Gasteiger partial charge in [0.25, 0.3) is 10.0 Å². The highest BCUT2D eigenvalue weighted by molar-refractivity contribution is 7.91. The smallest absolute Gasteiger partial charge is 0.324 e. The number of aromatic amines is 1. The number of aromatic nitrogens is 1. The molecule has 10 heteroatoms. The van der Waals surface area contributed by atoms with Crippen molar-refractivity contribution in [2.45, 2.75) is 30.2 Å². The van der Waals surface area contributed by atoms with E-state index in [0.29, 0.717) is 11.3 Å². The molecule has 0 amide bonds. The highest BCUT2D eigenvalue weighted by atomic mass is 32.2. The number of hydrogen-bond acceptors (Lipinski definition) is 6. The molecular weight excluding hydrogens is 284 g/mol. The zero-order valence-corrected chi connectivity index (χ0v) is 11.1. The Kier molecular flexibility index (Phi) is 4.27. The summed E-state index contributed by atoms with van der Waals surface area (Å²) in [6.07, 6.45) is -1.41. The van der Waals surface area contributed by atoms with Gasteiger partial charge >= 0.3 is 10.8 Å². The van der Waals surface area contributed by atoms with Gasteiger partial charge in [-0.3, -0.25) is 9.59 Å². The molecule has 4 N–H and O–H groups in total. The minimum absolute atomic E-state index is 0.118. The van der Waals surface area contributed by atoms with Gasteiger partial charge in [-0.15, -0.1) is 0 Å². The zero-order valence-electron chi connectivity index (χ0n) is 9.50. The lowest BCUT2D eigenvalue weighted by molar-refractivity contribution is -0.141. The van der Waals surface area contributed by atoms with E-state index in [9.17, 15) is 23.1 Å². The van der Waals surface area contributed by atoms with Gasteiger partial charge in [-0.05, 0) is 13.8 Å². The first-order valence-electron chi connectivity index (χ1n) is 4.78. The van der Waals surface area contributed by atoms with E-state index in [1.807, 2.05) is 4.72 Å². The van der Waals surface area contributed by atoms with Crippen LogP contribution >= 0.6 is 11.3 Å². The van der Waals surface area contributed by atoms with Crippen molar-refractivity contribution in [1.82, 2.24) is 9.71 Å². The van der Waals surface area contributed by atoms with Crippen LogP contribution in [0.15, 0.2) is 9.00 Å². The van der Waals surface area contributed by atoms with Crippen molar-refractivity contribution >= 4 is 27.3 Å². The third-order valence-electron chi connectivity index (χ3n) is 2.06. The fraction of sp³-hybridized carbons (Fsp3) is 0.500. The SMILES string of the molecule is Cc1[nH]c(=O)sc1S(=O)(=O)N[C@H](C(=O)O)[C@@H](C)O. The molecule has 0 unspecified atom stereocenters. The summed E-state index contributed by atoms with van der Waals surface area (Å²) >= 11 is 0.451. The van der Waals surface area contributed by atoms with Crippen molar-refractivity contribution in [2.24, 2.45) is 0 Å². The predicted molar refractivity (Wildman–Crippen MR) is 63.1 cm³/mol. The summed E-state index contributed by atoms with van der Waals surface area (Å²) in [4.78, 5) is 23.5. The summed E-state index contributed by atoms with van der Waals surface area (Å²) in [7, 11) is -4.16. The molecule has 0 aliphatic carbocycles.